The van der Waals surface area contributed by atoms with Crippen LogP contribution in [0.3, 0.4) is 0 Å². The number of thioether (sulfide) groups is 1. The van der Waals surface area contributed by atoms with Crippen LogP contribution in [0.15, 0.2) is 88.2 Å². The second-order valence-corrected chi connectivity index (χ2v) is 6.92. The van der Waals surface area contributed by atoms with Crippen LogP contribution in [0, 0.1) is 0 Å². The Bertz CT molecular complexity index is 1070. The first-order valence-corrected chi connectivity index (χ1v) is 9.90. The third-order valence-corrected chi connectivity index (χ3v) is 4.98. The second-order valence-electron chi connectivity index (χ2n) is 6.04. The number of hydrogen-bond acceptors (Lipinski definition) is 5. The van der Waals surface area contributed by atoms with E-state index in [-0.39, 0.29) is 11.9 Å². The molecule has 4 rings (SSSR count). The SMILES string of the molecule is CSc1ccc(-c2nnc(NC(=O)c3ccc(-c4ccccc4)cc3)o2)cc1. The normalized spacial score (nSPS) is 10.6. The average molecular weight is 387 g/mol. The third-order valence-electron chi connectivity index (χ3n) is 4.24. The predicted molar refractivity (Wildman–Crippen MR) is 111 cm³/mol. The Morgan fingerprint density at radius 2 is 1.46 bits per heavy atom. The number of nitrogens with one attached hydrogen (secondary N) is 1. The molecule has 1 N–H and O–H groups in total. The van der Waals surface area contributed by atoms with E-state index < -0.39 is 0 Å². The van der Waals surface area contributed by atoms with Crippen molar-refractivity contribution in [1.29, 1.82) is 0 Å². The maximum absolute atomic E-state index is 12.4. The lowest BCUT2D eigenvalue weighted by Crippen LogP contribution is -2.11. The Labute approximate surface area is 166 Å². The van der Waals surface area contributed by atoms with Gasteiger partial charge in [0, 0.05) is 16.0 Å². The first-order chi connectivity index (χ1) is 13.7. The Morgan fingerprint density at radius 3 is 2.14 bits per heavy atom. The molecule has 0 aliphatic carbocycles. The molecular formula is C22H17N3O2S. The molecule has 0 aliphatic rings. The van der Waals surface area contributed by atoms with Crippen molar-refractivity contribution in [2.75, 3.05) is 11.6 Å². The summed E-state index contributed by atoms with van der Waals surface area (Å²) in [7, 11) is 0. The summed E-state index contributed by atoms with van der Waals surface area (Å²) < 4.78 is 5.57. The van der Waals surface area contributed by atoms with E-state index in [1.807, 2.05) is 73.0 Å². The summed E-state index contributed by atoms with van der Waals surface area (Å²) in [6.45, 7) is 0. The highest BCUT2D eigenvalue weighted by molar-refractivity contribution is 7.98. The lowest BCUT2D eigenvalue weighted by atomic mass is 10.0. The van der Waals surface area contributed by atoms with E-state index in [4.69, 9.17) is 4.42 Å². The van der Waals surface area contributed by atoms with Gasteiger partial charge in [-0.2, -0.15) is 0 Å². The number of carbonyl (C=O) groups is 1. The van der Waals surface area contributed by atoms with Crippen molar-refractivity contribution in [3.05, 3.63) is 84.4 Å². The Kier molecular flexibility index (Phi) is 5.21. The first kappa shape index (κ1) is 18.0. The van der Waals surface area contributed by atoms with E-state index in [0.717, 1.165) is 21.6 Å². The summed E-state index contributed by atoms with van der Waals surface area (Å²) in [6, 6.07) is 25.2. The molecular weight excluding hydrogens is 370 g/mol. The van der Waals surface area contributed by atoms with Crippen LogP contribution >= 0.6 is 11.8 Å². The number of nitrogens with zero attached hydrogens (tertiary/aromatic N) is 2. The van der Waals surface area contributed by atoms with Gasteiger partial charge in [-0.15, -0.1) is 16.9 Å². The van der Waals surface area contributed by atoms with Crippen LogP contribution in [0.1, 0.15) is 10.4 Å². The molecule has 0 saturated heterocycles. The van der Waals surface area contributed by atoms with Gasteiger partial charge in [0.25, 0.3) is 5.91 Å². The molecule has 4 aromatic rings. The molecule has 3 aromatic carbocycles. The van der Waals surface area contributed by atoms with Gasteiger partial charge >= 0.3 is 6.01 Å². The lowest BCUT2D eigenvalue weighted by molar-refractivity contribution is 0.102. The van der Waals surface area contributed by atoms with Gasteiger partial charge in [0.2, 0.25) is 5.89 Å². The molecule has 0 spiro atoms. The van der Waals surface area contributed by atoms with Gasteiger partial charge in [0.05, 0.1) is 0 Å². The van der Waals surface area contributed by atoms with Gasteiger partial charge in [-0.3, -0.25) is 10.1 Å². The first-order valence-electron chi connectivity index (χ1n) is 8.68. The van der Waals surface area contributed by atoms with E-state index in [0.29, 0.717) is 11.5 Å². The van der Waals surface area contributed by atoms with E-state index in [1.165, 1.54) is 0 Å². The Morgan fingerprint density at radius 1 is 0.821 bits per heavy atom. The molecule has 1 heterocycles. The molecule has 1 aromatic heterocycles. The molecule has 0 saturated carbocycles. The highest BCUT2D eigenvalue weighted by Crippen LogP contribution is 2.24. The monoisotopic (exact) mass is 387 g/mol. The number of anilines is 1. The summed E-state index contributed by atoms with van der Waals surface area (Å²) in [4.78, 5) is 13.6. The maximum Gasteiger partial charge on any atom is 0.322 e. The molecule has 138 valence electrons. The van der Waals surface area contributed by atoms with Gasteiger partial charge in [-0.05, 0) is 53.8 Å². The van der Waals surface area contributed by atoms with Crippen molar-refractivity contribution >= 4 is 23.7 Å². The summed E-state index contributed by atoms with van der Waals surface area (Å²) >= 11 is 1.66. The Hall–Kier alpha value is -3.38. The van der Waals surface area contributed by atoms with Crippen LogP contribution in [-0.2, 0) is 0 Å². The minimum absolute atomic E-state index is 0.0704. The zero-order valence-electron chi connectivity index (χ0n) is 15.1. The standard InChI is InChI=1S/C22H17N3O2S/c1-28-19-13-11-18(12-14-19)21-24-25-22(27-21)23-20(26)17-9-7-16(8-10-17)15-5-3-2-4-6-15/h2-14H,1H3,(H,23,25,26). The molecule has 0 radical (unpaired) electrons. The minimum Gasteiger partial charge on any atom is -0.403 e. The molecule has 0 fully saturated rings. The number of hydrogen-bond donors (Lipinski definition) is 1. The fourth-order valence-corrected chi connectivity index (χ4v) is 3.15. The highest BCUT2D eigenvalue weighted by Gasteiger charge is 2.13. The van der Waals surface area contributed by atoms with E-state index >= 15 is 0 Å². The fourth-order valence-electron chi connectivity index (χ4n) is 2.74. The van der Waals surface area contributed by atoms with E-state index in [1.54, 1.807) is 23.9 Å². The number of carbonyl (C=O) groups excluding carboxylic acids is 1. The van der Waals surface area contributed by atoms with Gasteiger partial charge < -0.3 is 4.42 Å². The molecule has 0 atom stereocenters. The van der Waals surface area contributed by atoms with E-state index in [2.05, 4.69) is 15.5 Å². The highest BCUT2D eigenvalue weighted by atomic mass is 32.2. The maximum atomic E-state index is 12.4. The van der Waals surface area contributed by atoms with Crippen LogP contribution in [-0.4, -0.2) is 22.4 Å². The van der Waals surface area contributed by atoms with E-state index in [9.17, 15) is 4.79 Å². The second kappa shape index (κ2) is 8.10. The molecule has 5 nitrogen and oxygen atoms in total. The van der Waals surface area contributed by atoms with Gasteiger partial charge in [-0.1, -0.05) is 47.6 Å². The summed E-state index contributed by atoms with van der Waals surface area (Å²) in [5.41, 5.74) is 3.47. The van der Waals surface area contributed by atoms with Crippen molar-refractivity contribution in [2.24, 2.45) is 0 Å². The van der Waals surface area contributed by atoms with Crippen molar-refractivity contribution in [3.63, 3.8) is 0 Å². The molecule has 0 aliphatic heterocycles. The third kappa shape index (κ3) is 3.97. The lowest BCUT2D eigenvalue weighted by Gasteiger charge is -2.04. The molecule has 0 bridgehead atoms. The van der Waals surface area contributed by atoms with Gasteiger partial charge in [0.15, 0.2) is 0 Å². The van der Waals surface area contributed by atoms with Crippen LogP contribution in [0.25, 0.3) is 22.6 Å². The fraction of sp³-hybridized carbons (Fsp3) is 0.0455. The molecule has 0 unspecified atom stereocenters. The number of amides is 1. The number of rotatable bonds is 5. The smallest absolute Gasteiger partial charge is 0.322 e. The quantitative estimate of drug-likeness (QED) is 0.466. The largest absolute Gasteiger partial charge is 0.403 e. The van der Waals surface area contributed by atoms with Gasteiger partial charge in [0.1, 0.15) is 0 Å². The van der Waals surface area contributed by atoms with Crippen LogP contribution in [0.5, 0.6) is 0 Å². The minimum atomic E-state index is -0.299. The van der Waals surface area contributed by atoms with Crippen LogP contribution in [0.2, 0.25) is 0 Å². The summed E-state index contributed by atoms with van der Waals surface area (Å²) in [5.74, 6) is 0.0647. The summed E-state index contributed by atoms with van der Waals surface area (Å²) in [5, 5.41) is 10.6. The predicted octanol–water partition coefficient (Wildman–Crippen LogP) is 5.38. The van der Waals surface area contributed by atoms with Crippen molar-refractivity contribution < 1.29 is 9.21 Å². The van der Waals surface area contributed by atoms with Crippen molar-refractivity contribution in [1.82, 2.24) is 10.2 Å². The van der Waals surface area contributed by atoms with Gasteiger partial charge in [-0.25, -0.2) is 0 Å². The molecule has 6 heteroatoms. The van der Waals surface area contributed by atoms with Crippen molar-refractivity contribution in [2.45, 2.75) is 4.90 Å². The zero-order chi connectivity index (χ0) is 19.3. The molecule has 1 amide bonds. The zero-order valence-corrected chi connectivity index (χ0v) is 15.9. The van der Waals surface area contributed by atoms with Crippen LogP contribution in [0.4, 0.5) is 6.01 Å². The number of benzene rings is 3. The van der Waals surface area contributed by atoms with Crippen LogP contribution < -0.4 is 5.32 Å². The molecule has 28 heavy (non-hydrogen) atoms. The Balaban J connectivity index is 1.46. The topological polar surface area (TPSA) is 68.0 Å². The average Bonchev–Trinajstić information content (AvgIpc) is 3.23. The number of aromatic nitrogens is 2. The summed E-state index contributed by atoms with van der Waals surface area (Å²) in [6.07, 6.45) is 2.02. The van der Waals surface area contributed by atoms with Crippen molar-refractivity contribution in [3.8, 4) is 22.6 Å².